The second-order valence-corrected chi connectivity index (χ2v) is 6.46. The van der Waals surface area contributed by atoms with Crippen molar-refractivity contribution in [3.05, 3.63) is 89.5 Å². The largest absolute Gasteiger partial charge is 0.497 e. The molecule has 0 bridgehead atoms. The average molecular weight is 314 g/mol. The van der Waals surface area contributed by atoms with Gasteiger partial charge in [-0.15, -0.1) is 0 Å². The quantitative estimate of drug-likeness (QED) is 0.591. The van der Waals surface area contributed by atoms with Crippen LogP contribution in [0.2, 0.25) is 0 Å². The predicted molar refractivity (Wildman–Crippen MR) is 99.7 cm³/mol. The van der Waals surface area contributed by atoms with Crippen molar-refractivity contribution < 1.29 is 4.74 Å². The standard InChI is InChI=1S/C23H22O/c1-24-19-15-14-18-10-7-13-22(23(18)16-19)21-12-6-5-11-20(21)17-8-3-2-4-9-17/h2-6,8-9,11-12,14-16,22H,7,10,13H2,1H3. The van der Waals surface area contributed by atoms with Gasteiger partial charge in [0.05, 0.1) is 7.11 Å². The molecule has 3 aromatic carbocycles. The van der Waals surface area contributed by atoms with E-state index >= 15 is 0 Å². The van der Waals surface area contributed by atoms with Crippen LogP contribution in [0.1, 0.15) is 35.4 Å². The molecule has 24 heavy (non-hydrogen) atoms. The summed E-state index contributed by atoms with van der Waals surface area (Å²) in [6.45, 7) is 0. The van der Waals surface area contributed by atoms with E-state index in [0.717, 1.165) is 5.75 Å². The Bertz CT molecular complexity index is 836. The Kier molecular flexibility index (Phi) is 4.08. The fourth-order valence-electron chi connectivity index (χ4n) is 3.91. The van der Waals surface area contributed by atoms with E-state index in [9.17, 15) is 0 Å². The van der Waals surface area contributed by atoms with Crippen molar-refractivity contribution >= 4 is 0 Å². The highest BCUT2D eigenvalue weighted by molar-refractivity contribution is 5.69. The van der Waals surface area contributed by atoms with Gasteiger partial charge in [-0.1, -0.05) is 60.7 Å². The van der Waals surface area contributed by atoms with Gasteiger partial charge in [0.15, 0.2) is 0 Å². The molecule has 4 rings (SSSR count). The summed E-state index contributed by atoms with van der Waals surface area (Å²) in [5.74, 6) is 1.40. The van der Waals surface area contributed by atoms with E-state index in [-0.39, 0.29) is 0 Å². The lowest BCUT2D eigenvalue weighted by molar-refractivity contribution is 0.413. The second-order valence-electron chi connectivity index (χ2n) is 6.46. The van der Waals surface area contributed by atoms with Crippen molar-refractivity contribution in [3.8, 4) is 16.9 Å². The molecule has 0 amide bonds. The zero-order valence-electron chi connectivity index (χ0n) is 14.0. The SMILES string of the molecule is COc1ccc2c(c1)C(c1ccccc1-c1ccccc1)CCC2. The number of hydrogen-bond acceptors (Lipinski definition) is 1. The molecule has 0 aliphatic heterocycles. The summed E-state index contributed by atoms with van der Waals surface area (Å²) in [4.78, 5) is 0. The molecule has 1 nitrogen and oxygen atoms in total. The average Bonchev–Trinajstić information content (AvgIpc) is 2.68. The highest BCUT2D eigenvalue weighted by atomic mass is 16.5. The van der Waals surface area contributed by atoms with Crippen LogP contribution in [0.5, 0.6) is 5.75 Å². The Morgan fingerprint density at radius 3 is 2.46 bits per heavy atom. The predicted octanol–water partition coefficient (Wildman–Crippen LogP) is 5.83. The Balaban J connectivity index is 1.84. The number of methoxy groups -OCH3 is 1. The lowest BCUT2D eigenvalue weighted by Gasteiger charge is -2.28. The number of ether oxygens (including phenoxy) is 1. The summed E-state index contributed by atoms with van der Waals surface area (Å²) in [7, 11) is 1.75. The zero-order valence-corrected chi connectivity index (χ0v) is 14.0. The molecule has 0 radical (unpaired) electrons. The fraction of sp³-hybridized carbons (Fsp3) is 0.217. The van der Waals surface area contributed by atoms with Gasteiger partial charge in [0.1, 0.15) is 5.75 Å². The number of fused-ring (bicyclic) bond motifs is 1. The normalized spacial score (nSPS) is 16.5. The van der Waals surface area contributed by atoms with Crippen LogP contribution < -0.4 is 4.74 Å². The van der Waals surface area contributed by atoms with Crippen molar-refractivity contribution in [2.45, 2.75) is 25.2 Å². The number of rotatable bonds is 3. The molecule has 0 saturated carbocycles. The van der Waals surface area contributed by atoms with Gasteiger partial charge in [-0.05, 0) is 59.2 Å². The summed E-state index contributed by atoms with van der Waals surface area (Å²) in [6, 6.07) is 26.1. The Labute approximate surface area is 143 Å². The van der Waals surface area contributed by atoms with E-state index in [1.165, 1.54) is 47.1 Å². The first-order valence-electron chi connectivity index (χ1n) is 8.68. The number of aryl methyl sites for hydroxylation is 1. The number of hydrogen-bond donors (Lipinski definition) is 0. The van der Waals surface area contributed by atoms with E-state index in [4.69, 9.17) is 4.74 Å². The van der Waals surface area contributed by atoms with Crippen LogP contribution in [0.25, 0.3) is 11.1 Å². The first-order chi connectivity index (χ1) is 11.9. The van der Waals surface area contributed by atoms with Crippen LogP contribution in [0.3, 0.4) is 0 Å². The summed E-state index contributed by atoms with van der Waals surface area (Å²) in [6.07, 6.45) is 3.61. The maximum absolute atomic E-state index is 5.48. The van der Waals surface area contributed by atoms with Gasteiger partial charge in [-0.2, -0.15) is 0 Å². The number of benzene rings is 3. The maximum Gasteiger partial charge on any atom is 0.119 e. The highest BCUT2D eigenvalue weighted by Crippen LogP contribution is 2.41. The Morgan fingerprint density at radius 2 is 1.62 bits per heavy atom. The van der Waals surface area contributed by atoms with Crippen LogP contribution in [-0.4, -0.2) is 7.11 Å². The maximum atomic E-state index is 5.48. The minimum atomic E-state index is 0.445. The van der Waals surface area contributed by atoms with Crippen molar-refractivity contribution in [1.29, 1.82) is 0 Å². The van der Waals surface area contributed by atoms with E-state index < -0.39 is 0 Å². The van der Waals surface area contributed by atoms with Crippen molar-refractivity contribution in [2.24, 2.45) is 0 Å². The van der Waals surface area contributed by atoms with Crippen molar-refractivity contribution in [3.63, 3.8) is 0 Å². The fourth-order valence-corrected chi connectivity index (χ4v) is 3.91. The van der Waals surface area contributed by atoms with E-state index in [2.05, 4.69) is 72.8 Å². The van der Waals surface area contributed by atoms with Crippen molar-refractivity contribution in [1.82, 2.24) is 0 Å². The summed E-state index contributed by atoms with van der Waals surface area (Å²) < 4.78 is 5.48. The van der Waals surface area contributed by atoms with Crippen LogP contribution >= 0.6 is 0 Å². The topological polar surface area (TPSA) is 9.23 Å². The molecular formula is C23H22O. The molecule has 3 aromatic rings. The molecule has 1 atom stereocenters. The van der Waals surface area contributed by atoms with E-state index in [0.29, 0.717) is 5.92 Å². The van der Waals surface area contributed by atoms with Crippen LogP contribution in [0.4, 0.5) is 0 Å². The molecule has 0 fully saturated rings. The minimum Gasteiger partial charge on any atom is -0.497 e. The van der Waals surface area contributed by atoms with Gasteiger partial charge in [-0.25, -0.2) is 0 Å². The molecule has 0 aromatic heterocycles. The molecule has 1 aliphatic rings. The van der Waals surface area contributed by atoms with Gasteiger partial charge in [0.2, 0.25) is 0 Å². The lowest BCUT2D eigenvalue weighted by Crippen LogP contribution is -2.12. The van der Waals surface area contributed by atoms with E-state index in [1.54, 1.807) is 7.11 Å². The van der Waals surface area contributed by atoms with E-state index in [1.807, 2.05) is 0 Å². The zero-order chi connectivity index (χ0) is 16.4. The molecule has 0 N–H and O–H groups in total. The molecule has 0 spiro atoms. The third-order valence-corrected chi connectivity index (χ3v) is 5.09. The smallest absolute Gasteiger partial charge is 0.119 e. The van der Waals surface area contributed by atoms with Gasteiger partial charge in [0, 0.05) is 5.92 Å². The van der Waals surface area contributed by atoms with Gasteiger partial charge in [-0.3, -0.25) is 0 Å². The molecular weight excluding hydrogens is 292 g/mol. The molecule has 1 unspecified atom stereocenters. The monoisotopic (exact) mass is 314 g/mol. The first-order valence-corrected chi connectivity index (χ1v) is 8.68. The lowest BCUT2D eigenvalue weighted by atomic mass is 9.76. The molecule has 1 aliphatic carbocycles. The first kappa shape index (κ1) is 15.0. The van der Waals surface area contributed by atoms with Gasteiger partial charge in [0.25, 0.3) is 0 Å². The van der Waals surface area contributed by atoms with Crippen LogP contribution in [0.15, 0.2) is 72.8 Å². The van der Waals surface area contributed by atoms with Crippen LogP contribution in [0, 0.1) is 0 Å². The minimum absolute atomic E-state index is 0.445. The highest BCUT2D eigenvalue weighted by Gasteiger charge is 2.24. The van der Waals surface area contributed by atoms with Gasteiger partial charge >= 0.3 is 0 Å². The van der Waals surface area contributed by atoms with Gasteiger partial charge < -0.3 is 4.74 Å². The molecule has 0 saturated heterocycles. The summed E-state index contributed by atoms with van der Waals surface area (Å²) in [5, 5.41) is 0. The Morgan fingerprint density at radius 1 is 0.833 bits per heavy atom. The molecule has 0 heterocycles. The van der Waals surface area contributed by atoms with Crippen molar-refractivity contribution in [2.75, 3.05) is 7.11 Å². The molecule has 1 heteroatoms. The summed E-state index contributed by atoms with van der Waals surface area (Å²) >= 11 is 0. The third-order valence-electron chi connectivity index (χ3n) is 5.09. The van der Waals surface area contributed by atoms with Crippen LogP contribution in [-0.2, 0) is 6.42 Å². The summed E-state index contributed by atoms with van der Waals surface area (Å²) in [5.41, 5.74) is 6.97. The second kappa shape index (κ2) is 6.52. The Hall–Kier alpha value is -2.54. The molecule has 120 valence electrons. The third kappa shape index (κ3) is 2.71.